The van der Waals surface area contributed by atoms with Gasteiger partial charge in [0.05, 0.1) is 18.8 Å². The van der Waals surface area contributed by atoms with Gasteiger partial charge in [0.15, 0.2) is 0 Å². The molecule has 200 valence electrons. The quantitative estimate of drug-likeness (QED) is 0.401. The van der Waals surface area contributed by atoms with Gasteiger partial charge in [-0.05, 0) is 54.9 Å². The van der Waals surface area contributed by atoms with Crippen LogP contribution >= 0.6 is 0 Å². The smallest absolute Gasteiger partial charge is 0.323 e. The molecule has 0 radical (unpaired) electrons. The molecule has 0 aromatic heterocycles. The van der Waals surface area contributed by atoms with Crippen molar-refractivity contribution < 1.29 is 19.1 Å². The molecule has 1 fully saturated rings. The van der Waals surface area contributed by atoms with Gasteiger partial charge in [-0.25, -0.2) is 0 Å². The van der Waals surface area contributed by atoms with Crippen LogP contribution in [0, 0.1) is 5.92 Å². The topological polar surface area (TPSA) is 67.9 Å². The van der Waals surface area contributed by atoms with Crippen molar-refractivity contribution in [2.24, 2.45) is 5.92 Å². The third-order valence-electron chi connectivity index (χ3n) is 7.67. The molecule has 1 aliphatic heterocycles. The van der Waals surface area contributed by atoms with Gasteiger partial charge >= 0.3 is 5.97 Å². The molecule has 2 aromatic carbocycles. The number of nitrogens with one attached hydrogen (secondary N) is 1. The van der Waals surface area contributed by atoms with Gasteiger partial charge in [-0.15, -0.1) is 0 Å². The number of nitrogens with zero attached hydrogens (tertiary/aromatic N) is 1. The minimum absolute atomic E-state index is 0.0927. The summed E-state index contributed by atoms with van der Waals surface area (Å²) < 4.78 is 11.5. The summed E-state index contributed by atoms with van der Waals surface area (Å²) in [6.07, 6.45) is 7.91. The first-order valence-electron chi connectivity index (χ1n) is 14.0. The van der Waals surface area contributed by atoms with Crippen molar-refractivity contribution in [2.45, 2.75) is 90.3 Å². The summed E-state index contributed by atoms with van der Waals surface area (Å²) in [4.78, 5) is 28.6. The number of amides is 1. The van der Waals surface area contributed by atoms with Gasteiger partial charge in [0.1, 0.15) is 24.4 Å². The predicted molar refractivity (Wildman–Crippen MR) is 147 cm³/mol. The summed E-state index contributed by atoms with van der Waals surface area (Å²) >= 11 is 0. The SMILES string of the molecule is CCOC(=O)[C@@H](CCC1CCCCC1)NC1COc2ccccc2N(Cc2ccc(C(C)C)cc2)C1=O. The van der Waals surface area contributed by atoms with E-state index in [0.717, 1.165) is 17.7 Å². The molecular weight excluding hydrogens is 464 g/mol. The summed E-state index contributed by atoms with van der Waals surface area (Å²) in [6.45, 7) is 7.08. The van der Waals surface area contributed by atoms with Crippen LogP contribution < -0.4 is 15.0 Å². The molecule has 1 heterocycles. The molecule has 0 spiro atoms. The molecule has 1 aliphatic carbocycles. The van der Waals surface area contributed by atoms with Gasteiger partial charge in [-0.3, -0.25) is 14.9 Å². The fourth-order valence-corrected chi connectivity index (χ4v) is 5.46. The van der Waals surface area contributed by atoms with Crippen LogP contribution in [0.15, 0.2) is 48.5 Å². The lowest BCUT2D eigenvalue weighted by Gasteiger charge is -2.28. The zero-order chi connectivity index (χ0) is 26.2. The highest BCUT2D eigenvalue weighted by Gasteiger charge is 2.35. The lowest BCUT2D eigenvalue weighted by Crippen LogP contribution is -2.54. The average Bonchev–Trinajstić information content (AvgIpc) is 3.04. The Kier molecular flexibility index (Phi) is 9.62. The minimum atomic E-state index is -0.650. The summed E-state index contributed by atoms with van der Waals surface area (Å²) in [5.41, 5.74) is 3.07. The maximum absolute atomic E-state index is 13.9. The third kappa shape index (κ3) is 7.13. The largest absolute Gasteiger partial charge is 0.489 e. The van der Waals surface area contributed by atoms with E-state index in [1.807, 2.05) is 31.2 Å². The van der Waals surface area contributed by atoms with Crippen LogP contribution in [0.3, 0.4) is 0 Å². The third-order valence-corrected chi connectivity index (χ3v) is 7.67. The van der Waals surface area contributed by atoms with Crippen LogP contribution in [0.25, 0.3) is 0 Å². The van der Waals surface area contributed by atoms with Crippen molar-refractivity contribution in [2.75, 3.05) is 18.1 Å². The Labute approximate surface area is 221 Å². The Bertz CT molecular complexity index is 1030. The second kappa shape index (κ2) is 13.1. The molecule has 1 unspecified atom stereocenters. The first kappa shape index (κ1) is 27.2. The van der Waals surface area contributed by atoms with E-state index in [-0.39, 0.29) is 18.5 Å². The second-order valence-electron chi connectivity index (χ2n) is 10.7. The van der Waals surface area contributed by atoms with Crippen molar-refractivity contribution in [3.05, 3.63) is 59.7 Å². The van der Waals surface area contributed by atoms with Crippen molar-refractivity contribution in [1.29, 1.82) is 0 Å². The highest BCUT2D eigenvalue weighted by molar-refractivity contribution is 5.99. The van der Waals surface area contributed by atoms with Gasteiger partial charge in [0.2, 0.25) is 5.91 Å². The molecule has 0 saturated heterocycles. The van der Waals surface area contributed by atoms with E-state index < -0.39 is 12.1 Å². The normalized spacial score (nSPS) is 19.2. The Morgan fingerprint density at radius 3 is 2.51 bits per heavy atom. The molecule has 6 heteroatoms. The van der Waals surface area contributed by atoms with Crippen molar-refractivity contribution in [1.82, 2.24) is 5.32 Å². The van der Waals surface area contributed by atoms with Crippen LogP contribution in [0.2, 0.25) is 0 Å². The monoisotopic (exact) mass is 506 g/mol. The van der Waals surface area contributed by atoms with Crippen molar-refractivity contribution >= 4 is 17.6 Å². The minimum Gasteiger partial charge on any atom is -0.489 e. The number of hydrogen-bond donors (Lipinski definition) is 1. The van der Waals surface area contributed by atoms with Crippen LogP contribution in [0.1, 0.15) is 82.8 Å². The zero-order valence-electron chi connectivity index (χ0n) is 22.6. The van der Waals surface area contributed by atoms with Crippen molar-refractivity contribution in [3.63, 3.8) is 0 Å². The molecule has 1 N–H and O–H groups in total. The number of fused-ring (bicyclic) bond motifs is 1. The number of esters is 1. The average molecular weight is 507 g/mol. The Hall–Kier alpha value is -2.86. The number of hydrogen-bond acceptors (Lipinski definition) is 5. The fraction of sp³-hybridized carbons (Fsp3) is 0.548. The van der Waals surface area contributed by atoms with E-state index in [1.165, 1.54) is 37.7 Å². The van der Waals surface area contributed by atoms with Crippen LogP contribution in [-0.2, 0) is 20.9 Å². The van der Waals surface area contributed by atoms with Gasteiger partial charge in [0, 0.05) is 0 Å². The summed E-state index contributed by atoms with van der Waals surface area (Å²) in [5.74, 6) is 1.38. The van der Waals surface area contributed by atoms with E-state index >= 15 is 0 Å². The van der Waals surface area contributed by atoms with Crippen LogP contribution in [0.4, 0.5) is 5.69 Å². The fourth-order valence-electron chi connectivity index (χ4n) is 5.46. The van der Waals surface area contributed by atoms with E-state index in [4.69, 9.17) is 9.47 Å². The van der Waals surface area contributed by atoms with Gasteiger partial charge in [0.25, 0.3) is 0 Å². The molecule has 2 atom stereocenters. The molecule has 0 bridgehead atoms. The molecule has 2 aromatic rings. The summed E-state index contributed by atoms with van der Waals surface area (Å²) in [5, 5.41) is 3.35. The first-order chi connectivity index (χ1) is 18.0. The molecule has 2 aliphatic rings. The Morgan fingerprint density at radius 1 is 1.08 bits per heavy atom. The molecule has 6 nitrogen and oxygen atoms in total. The first-order valence-corrected chi connectivity index (χ1v) is 14.0. The van der Waals surface area contributed by atoms with Crippen molar-refractivity contribution in [3.8, 4) is 5.75 Å². The lowest BCUT2D eigenvalue weighted by atomic mass is 9.85. The maximum atomic E-state index is 13.9. The number of rotatable bonds is 10. The Morgan fingerprint density at radius 2 is 1.81 bits per heavy atom. The summed E-state index contributed by atoms with van der Waals surface area (Å²) in [7, 11) is 0. The Balaban J connectivity index is 1.53. The standard InChI is InChI=1S/C31H42N2O4/c1-4-36-31(35)26(19-16-23-10-6-5-7-11-23)32-27-21-37-29-13-9-8-12-28(29)33(30(27)34)20-24-14-17-25(18-15-24)22(2)3/h8-9,12-15,17-18,22-23,26-27,32H,4-7,10-11,16,19-21H2,1-3H3/t26-,27?/m1/s1. The highest BCUT2D eigenvalue weighted by atomic mass is 16.5. The zero-order valence-corrected chi connectivity index (χ0v) is 22.6. The number of carbonyl (C=O) groups excluding carboxylic acids is 2. The number of carbonyl (C=O) groups is 2. The lowest BCUT2D eigenvalue weighted by molar-refractivity contribution is -0.146. The van der Waals surface area contributed by atoms with Crippen LogP contribution in [0.5, 0.6) is 5.75 Å². The molecular formula is C31H42N2O4. The van der Waals surface area contributed by atoms with Gasteiger partial charge in [-0.1, -0.05) is 82.3 Å². The van der Waals surface area contributed by atoms with Gasteiger partial charge < -0.3 is 14.4 Å². The van der Waals surface area contributed by atoms with Crippen LogP contribution in [-0.4, -0.2) is 37.2 Å². The van der Waals surface area contributed by atoms with Gasteiger partial charge in [-0.2, -0.15) is 0 Å². The highest BCUT2D eigenvalue weighted by Crippen LogP contribution is 2.33. The summed E-state index contributed by atoms with van der Waals surface area (Å²) in [6, 6.07) is 14.9. The van der Waals surface area contributed by atoms with E-state index in [9.17, 15) is 9.59 Å². The molecule has 1 saturated carbocycles. The molecule has 37 heavy (non-hydrogen) atoms. The van der Waals surface area contributed by atoms with E-state index in [0.29, 0.717) is 37.2 Å². The number of anilines is 1. The predicted octanol–water partition coefficient (Wildman–Crippen LogP) is 5.99. The second-order valence-corrected chi connectivity index (χ2v) is 10.7. The maximum Gasteiger partial charge on any atom is 0.323 e. The molecule has 4 rings (SSSR count). The number of benzene rings is 2. The number of ether oxygens (including phenoxy) is 2. The number of para-hydroxylation sites is 2. The van der Waals surface area contributed by atoms with E-state index in [1.54, 1.807) is 4.90 Å². The van der Waals surface area contributed by atoms with E-state index in [2.05, 4.69) is 43.4 Å². The molecule has 1 amide bonds.